The van der Waals surface area contributed by atoms with E-state index in [-0.39, 0.29) is 23.9 Å². The van der Waals surface area contributed by atoms with Crippen molar-refractivity contribution in [3.8, 4) is 0 Å². The third-order valence-electron chi connectivity index (χ3n) is 9.11. The first-order valence-corrected chi connectivity index (χ1v) is 20.3. The lowest BCUT2D eigenvalue weighted by molar-refractivity contribution is 0.0865. The van der Waals surface area contributed by atoms with Gasteiger partial charge in [-0.05, 0) is 63.5 Å². The maximum absolute atomic E-state index is 14.7. The summed E-state index contributed by atoms with van der Waals surface area (Å²) in [5.41, 5.74) is 1.46. The number of nitrogens with one attached hydrogen (secondary N) is 2. The number of fused-ring (bicyclic) bond motifs is 2. The van der Waals surface area contributed by atoms with Crippen LogP contribution in [0.1, 0.15) is 46.4 Å². The van der Waals surface area contributed by atoms with Gasteiger partial charge in [-0.2, -0.15) is 0 Å². The number of amides is 2. The highest BCUT2D eigenvalue weighted by Crippen LogP contribution is 2.36. The molecule has 0 aliphatic heterocycles. The highest BCUT2D eigenvalue weighted by molar-refractivity contribution is 8.06. The summed E-state index contributed by atoms with van der Waals surface area (Å²) in [6, 6.07) is 45.3. The molecule has 2 unspecified atom stereocenters. The molecular formula is C40H37N2O2P3. The standard InChI is InChI=1S/C40H37N2O2P3/c43-39(37-31-19-9-7-13-27(31)23-25-35(37)46-45)41-33-21-11-12-22-34(33)42-40(44)38-32-20-10-8-14-28(32)24-26-36(38)47(29-15-3-1-4-16-29)30-17-5-2-6-18-30/h1-10,13-20,23-26,33-34,46H,11-12,21-22,45H2,(H,41,43)(H,42,44)/t33-,34-/m0/s1. The van der Waals surface area contributed by atoms with Crippen molar-refractivity contribution in [2.75, 3.05) is 0 Å². The molecule has 6 aromatic carbocycles. The summed E-state index contributed by atoms with van der Waals surface area (Å²) in [4.78, 5) is 28.7. The Hall–Kier alpha value is -3.93. The van der Waals surface area contributed by atoms with Gasteiger partial charge in [-0.15, -0.1) is 8.93 Å². The van der Waals surface area contributed by atoms with Crippen LogP contribution in [-0.4, -0.2) is 23.9 Å². The van der Waals surface area contributed by atoms with Crippen LogP contribution < -0.4 is 31.9 Å². The van der Waals surface area contributed by atoms with Gasteiger partial charge in [0.2, 0.25) is 0 Å². The Morgan fingerprint density at radius 1 is 0.574 bits per heavy atom. The van der Waals surface area contributed by atoms with Crippen molar-refractivity contribution in [1.29, 1.82) is 0 Å². The molecule has 1 saturated carbocycles. The topological polar surface area (TPSA) is 58.2 Å². The minimum Gasteiger partial charge on any atom is -0.347 e. The smallest absolute Gasteiger partial charge is 0.252 e. The quantitative estimate of drug-likeness (QED) is 0.167. The van der Waals surface area contributed by atoms with Crippen LogP contribution in [-0.2, 0) is 0 Å². The number of hydrogen-bond acceptors (Lipinski definition) is 2. The van der Waals surface area contributed by atoms with E-state index in [1.807, 2.05) is 48.5 Å². The van der Waals surface area contributed by atoms with E-state index in [0.29, 0.717) is 8.27 Å². The van der Waals surface area contributed by atoms with Gasteiger partial charge in [0.1, 0.15) is 0 Å². The number of rotatable bonds is 8. The largest absolute Gasteiger partial charge is 0.347 e. The van der Waals surface area contributed by atoms with Crippen LogP contribution in [0.3, 0.4) is 0 Å². The van der Waals surface area contributed by atoms with Crippen LogP contribution in [0.2, 0.25) is 0 Å². The van der Waals surface area contributed by atoms with E-state index < -0.39 is 7.92 Å². The average molecular weight is 671 g/mol. The van der Waals surface area contributed by atoms with Gasteiger partial charge in [0.05, 0.1) is 11.1 Å². The Kier molecular flexibility index (Phi) is 9.74. The van der Waals surface area contributed by atoms with Gasteiger partial charge in [0.25, 0.3) is 11.8 Å². The maximum Gasteiger partial charge on any atom is 0.252 e. The average Bonchev–Trinajstić information content (AvgIpc) is 3.12. The van der Waals surface area contributed by atoms with Crippen LogP contribution in [0.25, 0.3) is 21.5 Å². The molecule has 0 saturated heterocycles. The minimum atomic E-state index is -1.01. The molecule has 4 nitrogen and oxygen atoms in total. The van der Waals surface area contributed by atoms with Crippen LogP contribution in [0.4, 0.5) is 0 Å². The SMILES string of the molecule is O=C(N[C@H]1CCCC[C@@H]1NC(=O)c1c(P(c2ccccc2)c2ccccc2)ccc2ccccc12)c1c(PP)ccc2ccccc12. The molecule has 47 heavy (non-hydrogen) atoms. The van der Waals surface area contributed by atoms with Crippen molar-refractivity contribution in [1.82, 2.24) is 10.6 Å². The highest BCUT2D eigenvalue weighted by atomic mass is 32.0. The third-order valence-corrected chi connectivity index (χ3v) is 13.3. The summed E-state index contributed by atoms with van der Waals surface area (Å²) in [5, 5.41) is 15.3. The molecule has 1 fully saturated rings. The number of carbonyl (C=O) groups excluding carboxylic acids is 2. The lowest BCUT2D eigenvalue weighted by atomic mass is 9.89. The molecule has 4 atom stereocenters. The van der Waals surface area contributed by atoms with Gasteiger partial charge in [0, 0.05) is 12.1 Å². The second-order valence-electron chi connectivity index (χ2n) is 12.0. The van der Waals surface area contributed by atoms with Crippen LogP contribution in [0, 0.1) is 0 Å². The molecule has 0 bridgehead atoms. The van der Waals surface area contributed by atoms with Gasteiger partial charge in [-0.25, -0.2) is 0 Å². The lowest BCUT2D eigenvalue weighted by Gasteiger charge is -2.33. The fourth-order valence-electron chi connectivity index (χ4n) is 6.86. The molecule has 7 heteroatoms. The van der Waals surface area contributed by atoms with Gasteiger partial charge >= 0.3 is 0 Å². The molecule has 1 aliphatic carbocycles. The Balaban J connectivity index is 1.25. The first-order chi connectivity index (χ1) is 23.1. The van der Waals surface area contributed by atoms with E-state index in [1.54, 1.807) is 0 Å². The molecule has 0 radical (unpaired) electrons. The Morgan fingerprint density at radius 2 is 1.04 bits per heavy atom. The van der Waals surface area contributed by atoms with Crippen molar-refractivity contribution in [2.24, 2.45) is 0 Å². The van der Waals surface area contributed by atoms with Crippen molar-refractivity contribution < 1.29 is 9.59 Å². The van der Waals surface area contributed by atoms with Crippen molar-refractivity contribution in [2.45, 2.75) is 37.8 Å². The summed E-state index contributed by atoms with van der Waals surface area (Å²) in [6.45, 7) is 0. The highest BCUT2D eigenvalue weighted by Gasteiger charge is 2.31. The second kappa shape index (κ2) is 14.5. The van der Waals surface area contributed by atoms with Crippen molar-refractivity contribution >= 4 is 79.7 Å². The van der Waals surface area contributed by atoms with Crippen LogP contribution in [0.15, 0.2) is 133 Å². The van der Waals surface area contributed by atoms with Gasteiger partial charge in [-0.1, -0.05) is 155 Å². The fraction of sp³-hybridized carbons (Fsp3) is 0.150. The Morgan fingerprint density at radius 3 is 1.60 bits per heavy atom. The maximum atomic E-state index is 14.7. The summed E-state index contributed by atoms with van der Waals surface area (Å²) < 4.78 is 0. The normalized spacial score (nSPS) is 16.6. The van der Waals surface area contributed by atoms with Gasteiger partial charge in [0.15, 0.2) is 0 Å². The molecule has 7 rings (SSSR count). The third kappa shape index (κ3) is 6.61. The van der Waals surface area contributed by atoms with Crippen molar-refractivity contribution in [3.05, 3.63) is 145 Å². The summed E-state index contributed by atoms with van der Waals surface area (Å²) in [7, 11) is 2.20. The number of benzene rings is 6. The lowest BCUT2D eigenvalue weighted by Crippen LogP contribution is -2.54. The molecule has 2 N–H and O–H groups in total. The van der Waals surface area contributed by atoms with E-state index in [2.05, 4.69) is 104 Å². The monoisotopic (exact) mass is 670 g/mol. The zero-order chi connectivity index (χ0) is 32.2. The van der Waals surface area contributed by atoms with Gasteiger partial charge in [-0.3, -0.25) is 9.59 Å². The van der Waals surface area contributed by atoms with Crippen LogP contribution >= 0.6 is 25.1 Å². The van der Waals surface area contributed by atoms with E-state index in [4.69, 9.17) is 0 Å². The van der Waals surface area contributed by atoms with E-state index in [1.165, 1.54) is 10.6 Å². The first-order valence-electron chi connectivity index (χ1n) is 16.1. The Labute approximate surface area is 281 Å². The number of hydrogen-bond donors (Lipinski definition) is 2. The summed E-state index contributed by atoms with van der Waals surface area (Å²) in [5.74, 6) is -0.153. The summed E-state index contributed by atoms with van der Waals surface area (Å²) in [6.07, 6.45) is 3.66. The molecule has 1 aliphatic rings. The summed E-state index contributed by atoms with van der Waals surface area (Å²) >= 11 is 0. The zero-order valence-corrected chi connectivity index (χ0v) is 29.1. The van der Waals surface area contributed by atoms with Crippen molar-refractivity contribution in [3.63, 3.8) is 0 Å². The molecule has 2 amide bonds. The molecule has 6 aromatic rings. The Bertz CT molecular complexity index is 2010. The first kappa shape index (κ1) is 31.7. The molecule has 234 valence electrons. The minimum absolute atomic E-state index is 0.0691. The van der Waals surface area contributed by atoms with E-state index in [0.717, 1.165) is 69.0 Å². The van der Waals surface area contributed by atoms with E-state index >= 15 is 0 Å². The number of carbonyl (C=O) groups is 2. The molecular weight excluding hydrogens is 633 g/mol. The van der Waals surface area contributed by atoms with Gasteiger partial charge < -0.3 is 10.6 Å². The fourth-order valence-corrected chi connectivity index (χ4v) is 10.6. The van der Waals surface area contributed by atoms with Crippen LogP contribution in [0.5, 0.6) is 0 Å². The molecule has 0 spiro atoms. The predicted molar refractivity (Wildman–Crippen MR) is 205 cm³/mol. The zero-order valence-electron chi connectivity index (χ0n) is 26.0. The predicted octanol–water partition coefficient (Wildman–Crippen LogP) is 7.32. The molecule has 0 heterocycles. The molecule has 0 aromatic heterocycles. The van der Waals surface area contributed by atoms with E-state index in [9.17, 15) is 9.59 Å². The second-order valence-corrected chi connectivity index (χ2v) is 15.9.